The fourth-order valence-corrected chi connectivity index (χ4v) is 2.83. The average Bonchev–Trinajstić information content (AvgIpc) is 2.45. The number of ether oxygens (including phenoxy) is 2. The third kappa shape index (κ3) is 3.22. The highest BCUT2D eigenvalue weighted by Gasteiger charge is 2.18. The first kappa shape index (κ1) is 15.9. The zero-order valence-electron chi connectivity index (χ0n) is 12.3. The van der Waals surface area contributed by atoms with Crippen molar-refractivity contribution in [2.45, 2.75) is 19.8 Å². The highest BCUT2D eigenvalue weighted by molar-refractivity contribution is 6.34. The van der Waals surface area contributed by atoms with Crippen LogP contribution < -0.4 is 9.47 Å². The molecule has 0 radical (unpaired) electrons. The Balaban J connectivity index is 2.62. The summed E-state index contributed by atoms with van der Waals surface area (Å²) in [5.41, 5.74) is 1.42. The molecule has 0 bridgehead atoms. The van der Waals surface area contributed by atoms with Crippen molar-refractivity contribution < 1.29 is 9.47 Å². The van der Waals surface area contributed by atoms with Crippen molar-refractivity contribution in [1.29, 1.82) is 0 Å². The van der Waals surface area contributed by atoms with Gasteiger partial charge in [0.2, 0.25) is 0 Å². The first-order chi connectivity index (χ1) is 9.97. The van der Waals surface area contributed by atoms with E-state index in [1.54, 1.807) is 32.4 Å². The lowest BCUT2D eigenvalue weighted by Gasteiger charge is -2.13. The van der Waals surface area contributed by atoms with E-state index in [1.807, 2.05) is 13.8 Å². The number of aromatic nitrogens is 2. The van der Waals surface area contributed by atoms with E-state index in [0.29, 0.717) is 33.2 Å². The average molecular weight is 327 g/mol. The van der Waals surface area contributed by atoms with E-state index >= 15 is 0 Å². The molecule has 0 saturated carbocycles. The minimum absolute atomic E-state index is 0.145. The summed E-state index contributed by atoms with van der Waals surface area (Å²) in [6, 6.07) is 5.37. The Morgan fingerprint density at radius 3 is 2.10 bits per heavy atom. The fourth-order valence-electron chi connectivity index (χ4n) is 2.00. The molecule has 0 unspecified atom stereocenters. The fraction of sp³-hybridized carbons (Fsp3) is 0.333. The molecular formula is C15H16Cl2N2O2. The van der Waals surface area contributed by atoms with E-state index in [1.165, 1.54) is 0 Å². The van der Waals surface area contributed by atoms with E-state index in [9.17, 15) is 0 Å². The summed E-state index contributed by atoms with van der Waals surface area (Å²) in [5.74, 6) is 1.85. The minimum Gasteiger partial charge on any atom is -0.497 e. The maximum atomic E-state index is 6.24. The van der Waals surface area contributed by atoms with Gasteiger partial charge < -0.3 is 9.47 Å². The molecule has 0 spiro atoms. The van der Waals surface area contributed by atoms with E-state index < -0.39 is 0 Å². The van der Waals surface area contributed by atoms with Crippen LogP contribution in [0.25, 0.3) is 11.4 Å². The van der Waals surface area contributed by atoms with Gasteiger partial charge >= 0.3 is 0 Å². The van der Waals surface area contributed by atoms with Crippen molar-refractivity contribution in [3.8, 4) is 22.9 Å². The van der Waals surface area contributed by atoms with Crippen LogP contribution in [0.3, 0.4) is 0 Å². The summed E-state index contributed by atoms with van der Waals surface area (Å²) in [6.07, 6.45) is 0. The van der Waals surface area contributed by atoms with Crippen LogP contribution in [0.1, 0.15) is 25.3 Å². The summed E-state index contributed by atoms with van der Waals surface area (Å²) in [4.78, 5) is 8.69. The Morgan fingerprint density at radius 1 is 1.00 bits per heavy atom. The van der Waals surface area contributed by atoms with Crippen molar-refractivity contribution in [2.24, 2.45) is 0 Å². The molecule has 0 atom stereocenters. The summed E-state index contributed by atoms with van der Waals surface area (Å²) >= 11 is 12.5. The topological polar surface area (TPSA) is 44.2 Å². The molecule has 2 rings (SSSR count). The summed E-state index contributed by atoms with van der Waals surface area (Å²) in [5, 5.41) is 0.703. The van der Waals surface area contributed by atoms with Gasteiger partial charge in [-0.3, -0.25) is 0 Å². The van der Waals surface area contributed by atoms with Crippen LogP contribution in [-0.2, 0) is 0 Å². The maximum Gasteiger partial charge on any atom is 0.166 e. The lowest BCUT2D eigenvalue weighted by molar-refractivity contribution is 0.404. The van der Waals surface area contributed by atoms with Gasteiger partial charge in [0, 0.05) is 5.56 Å². The quantitative estimate of drug-likeness (QED) is 0.771. The van der Waals surface area contributed by atoms with Gasteiger partial charge in [-0.05, 0) is 24.1 Å². The molecule has 0 N–H and O–H groups in total. The molecule has 0 fully saturated rings. The highest BCUT2D eigenvalue weighted by Crippen LogP contribution is 2.35. The van der Waals surface area contributed by atoms with Gasteiger partial charge in [-0.15, -0.1) is 0 Å². The van der Waals surface area contributed by atoms with Gasteiger partial charge in [-0.2, -0.15) is 0 Å². The zero-order valence-corrected chi connectivity index (χ0v) is 13.8. The number of rotatable bonds is 4. The smallest absolute Gasteiger partial charge is 0.166 e. The van der Waals surface area contributed by atoms with Crippen LogP contribution in [-0.4, -0.2) is 24.2 Å². The van der Waals surface area contributed by atoms with Crippen LogP contribution in [0.15, 0.2) is 18.2 Å². The molecule has 2 aromatic rings. The molecule has 0 saturated heterocycles. The van der Waals surface area contributed by atoms with Gasteiger partial charge in [0.1, 0.15) is 21.8 Å². The lowest BCUT2D eigenvalue weighted by atomic mass is 10.1. The van der Waals surface area contributed by atoms with Crippen molar-refractivity contribution in [2.75, 3.05) is 14.2 Å². The molecule has 112 valence electrons. The summed E-state index contributed by atoms with van der Waals surface area (Å²) in [7, 11) is 3.17. The molecule has 1 aromatic heterocycles. The van der Waals surface area contributed by atoms with Crippen molar-refractivity contribution in [3.05, 3.63) is 34.1 Å². The predicted molar refractivity (Wildman–Crippen MR) is 84.7 cm³/mol. The summed E-state index contributed by atoms with van der Waals surface area (Å²) < 4.78 is 10.6. The summed E-state index contributed by atoms with van der Waals surface area (Å²) in [6.45, 7) is 3.98. The standard InChI is InChI=1S/C15H16Cl2N2O2/c1-8(2)12-13(16)18-15(19-14(12)17)10-7-9(20-3)5-6-11(10)21-4/h5-8H,1-4H3. The van der Waals surface area contributed by atoms with Crippen LogP contribution in [0.2, 0.25) is 10.3 Å². The molecule has 0 aliphatic carbocycles. The van der Waals surface area contributed by atoms with Gasteiger partial charge in [-0.1, -0.05) is 37.0 Å². The van der Waals surface area contributed by atoms with E-state index in [2.05, 4.69) is 9.97 Å². The number of benzene rings is 1. The van der Waals surface area contributed by atoms with E-state index in [-0.39, 0.29) is 5.92 Å². The van der Waals surface area contributed by atoms with Gasteiger partial charge in [0.15, 0.2) is 5.82 Å². The van der Waals surface area contributed by atoms with E-state index in [4.69, 9.17) is 32.7 Å². The second kappa shape index (κ2) is 6.50. The normalized spacial score (nSPS) is 10.8. The first-order valence-electron chi connectivity index (χ1n) is 6.43. The molecule has 1 aromatic carbocycles. The molecule has 0 aliphatic rings. The van der Waals surface area contributed by atoms with Crippen molar-refractivity contribution in [1.82, 2.24) is 9.97 Å². The molecule has 0 aliphatic heterocycles. The van der Waals surface area contributed by atoms with Gasteiger partial charge in [0.05, 0.1) is 19.8 Å². The minimum atomic E-state index is 0.145. The van der Waals surface area contributed by atoms with Gasteiger partial charge in [0.25, 0.3) is 0 Å². The van der Waals surface area contributed by atoms with Crippen molar-refractivity contribution in [3.63, 3.8) is 0 Å². The molecule has 0 amide bonds. The van der Waals surface area contributed by atoms with Crippen LogP contribution in [0.4, 0.5) is 0 Å². The van der Waals surface area contributed by atoms with Crippen LogP contribution in [0.5, 0.6) is 11.5 Å². The third-order valence-corrected chi connectivity index (χ3v) is 3.65. The molecule has 21 heavy (non-hydrogen) atoms. The van der Waals surface area contributed by atoms with Crippen molar-refractivity contribution >= 4 is 23.2 Å². The number of halogens is 2. The third-order valence-electron chi connectivity index (χ3n) is 3.08. The van der Waals surface area contributed by atoms with E-state index in [0.717, 1.165) is 5.56 Å². The predicted octanol–water partition coefficient (Wildman–Crippen LogP) is 4.59. The molecule has 6 heteroatoms. The number of methoxy groups -OCH3 is 2. The first-order valence-corrected chi connectivity index (χ1v) is 7.18. The molecule has 1 heterocycles. The number of nitrogens with zero attached hydrogens (tertiary/aromatic N) is 2. The van der Waals surface area contributed by atoms with Crippen LogP contribution >= 0.6 is 23.2 Å². The highest BCUT2D eigenvalue weighted by atomic mass is 35.5. The SMILES string of the molecule is COc1ccc(OC)c(-c2nc(Cl)c(C(C)C)c(Cl)n2)c1. The Bertz CT molecular complexity index is 637. The number of hydrogen-bond donors (Lipinski definition) is 0. The Morgan fingerprint density at radius 2 is 1.62 bits per heavy atom. The van der Waals surface area contributed by atoms with Crippen LogP contribution in [0, 0.1) is 0 Å². The lowest BCUT2D eigenvalue weighted by Crippen LogP contribution is -2.00. The number of hydrogen-bond acceptors (Lipinski definition) is 4. The molecule has 4 nitrogen and oxygen atoms in total. The Kier molecular flexibility index (Phi) is 4.91. The molecular weight excluding hydrogens is 311 g/mol. The largest absolute Gasteiger partial charge is 0.497 e. The Labute approximate surface area is 134 Å². The monoisotopic (exact) mass is 326 g/mol. The van der Waals surface area contributed by atoms with Gasteiger partial charge in [-0.25, -0.2) is 9.97 Å². The Hall–Kier alpha value is -1.52. The zero-order chi connectivity index (χ0) is 15.6. The second-order valence-corrected chi connectivity index (χ2v) is 5.48. The second-order valence-electron chi connectivity index (χ2n) is 4.76. The maximum absolute atomic E-state index is 6.24.